The topological polar surface area (TPSA) is 82.1 Å². The molecule has 3 amide bonds. The van der Waals surface area contributed by atoms with E-state index >= 15 is 0 Å². The van der Waals surface area contributed by atoms with Gasteiger partial charge in [0.2, 0.25) is 5.91 Å². The summed E-state index contributed by atoms with van der Waals surface area (Å²) >= 11 is 6.06. The fraction of sp³-hybridized carbons (Fsp3) is 0.613. The van der Waals surface area contributed by atoms with Crippen LogP contribution in [0.4, 0.5) is 5.69 Å². The zero-order valence-electron chi connectivity index (χ0n) is 23.5. The number of hydrogen-bond acceptors (Lipinski definition) is 5. The number of nitrogens with one attached hydrogen (secondary N) is 1. The van der Waals surface area contributed by atoms with Crippen LogP contribution in [0.5, 0.6) is 0 Å². The van der Waals surface area contributed by atoms with Crippen molar-refractivity contribution in [1.82, 2.24) is 10.4 Å². The van der Waals surface area contributed by atoms with Crippen molar-refractivity contribution in [3.63, 3.8) is 0 Å². The summed E-state index contributed by atoms with van der Waals surface area (Å²) in [7, 11) is 0. The number of amides is 3. The zero-order chi connectivity index (χ0) is 27.9. The number of benzene rings is 1. The van der Waals surface area contributed by atoms with Gasteiger partial charge >= 0.3 is 0 Å². The molecule has 0 bridgehead atoms. The summed E-state index contributed by atoms with van der Waals surface area (Å²) < 4.78 is 0. The average Bonchev–Trinajstić information content (AvgIpc) is 3.46. The molecule has 2 aliphatic rings. The molecule has 1 unspecified atom stereocenters. The SMILES string of the molecule is CCCCCCCCCCCCCCCCC=Cc1cccc(N(C2=NNC(=O)C2)N2C(=O)CC(Cl)C2=O)c1. The predicted octanol–water partition coefficient (Wildman–Crippen LogP) is 7.49. The number of unbranched alkanes of at least 4 members (excludes halogenated alkanes) is 14. The molecule has 0 aliphatic carbocycles. The Balaban J connectivity index is 1.38. The van der Waals surface area contributed by atoms with Crippen molar-refractivity contribution in [2.24, 2.45) is 5.10 Å². The molecule has 1 N–H and O–H groups in total. The molecule has 7 nitrogen and oxygen atoms in total. The monoisotopic (exact) mass is 556 g/mol. The van der Waals surface area contributed by atoms with Gasteiger partial charge in [-0.1, -0.05) is 115 Å². The first-order valence-corrected chi connectivity index (χ1v) is 15.4. The molecule has 2 aliphatic heterocycles. The Morgan fingerprint density at radius 1 is 0.949 bits per heavy atom. The molecular weight excluding hydrogens is 512 g/mol. The van der Waals surface area contributed by atoms with E-state index in [2.05, 4.69) is 29.6 Å². The first kappa shape index (κ1) is 30.9. The highest BCUT2D eigenvalue weighted by Gasteiger charge is 2.43. The van der Waals surface area contributed by atoms with Crippen LogP contribution in [0.2, 0.25) is 0 Å². The molecule has 1 aromatic carbocycles. The van der Waals surface area contributed by atoms with E-state index in [4.69, 9.17) is 11.6 Å². The molecule has 39 heavy (non-hydrogen) atoms. The Bertz CT molecular complexity index is 1010. The number of halogens is 1. The van der Waals surface area contributed by atoms with Gasteiger partial charge in [0.1, 0.15) is 5.38 Å². The van der Waals surface area contributed by atoms with Crippen LogP contribution in [0.25, 0.3) is 6.08 Å². The smallest absolute Gasteiger partial charge is 0.267 e. The largest absolute Gasteiger partial charge is 0.273 e. The average molecular weight is 557 g/mol. The second-order valence-corrected chi connectivity index (χ2v) is 11.2. The summed E-state index contributed by atoms with van der Waals surface area (Å²) in [6.45, 7) is 2.27. The lowest BCUT2D eigenvalue weighted by atomic mass is 10.0. The summed E-state index contributed by atoms with van der Waals surface area (Å²) in [5.74, 6) is -0.931. The van der Waals surface area contributed by atoms with Crippen LogP contribution in [0, 0.1) is 0 Å². The highest BCUT2D eigenvalue weighted by atomic mass is 35.5. The molecule has 0 spiro atoms. The minimum absolute atomic E-state index is 0.0246. The molecule has 1 atom stereocenters. The van der Waals surface area contributed by atoms with Crippen LogP contribution in [0.3, 0.4) is 0 Å². The number of carbonyl (C=O) groups is 3. The van der Waals surface area contributed by atoms with Gasteiger partial charge in [-0.05, 0) is 30.5 Å². The third-order valence-corrected chi connectivity index (χ3v) is 7.63. The highest BCUT2D eigenvalue weighted by Crippen LogP contribution is 2.28. The molecule has 0 radical (unpaired) electrons. The number of nitrogens with zero attached hydrogens (tertiary/aromatic N) is 3. The quantitative estimate of drug-likeness (QED) is 0.115. The summed E-state index contributed by atoms with van der Waals surface area (Å²) in [4.78, 5) is 37.0. The third kappa shape index (κ3) is 10.1. The van der Waals surface area contributed by atoms with Gasteiger partial charge in [0.15, 0.2) is 5.84 Å². The lowest BCUT2D eigenvalue weighted by Crippen LogP contribution is -2.50. The van der Waals surface area contributed by atoms with Gasteiger partial charge in [-0.2, -0.15) is 10.1 Å². The standard InChI is InChI=1S/C31H45ClN4O3/c1-2-3-4-5-6-7-8-9-10-11-12-13-14-15-16-17-19-25-20-18-21-26(22-25)35(28-24-29(37)34-33-28)36-30(38)23-27(32)31(36)39/h17-22,27H,2-16,23-24H2,1H3,(H,34,37). The van der Waals surface area contributed by atoms with E-state index < -0.39 is 17.2 Å². The maximum Gasteiger partial charge on any atom is 0.267 e. The number of amidine groups is 1. The lowest BCUT2D eigenvalue weighted by molar-refractivity contribution is -0.138. The van der Waals surface area contributed by atoms with Crippen LogP contribution in [-0.4, -0.2) is 33.9 Å². The van der Waals surface area contributed by atoms with Crippen molar-refractivity contribution in [2.75, 3.05) is 5.01 Å². The van der Waals surface area contributed by atoms with Gasteiger partial charge in [-0.25, -0.2) is 10.4 Å². The van der Waals surface area contributed by atoms with Gasteiger partial charge in [0, 0.05) is 0 Å². The van der Waals surface area contributed by atoms with Crippen LogP contribution < -0.4 is 10.4 Å². The van der Waals surface area contributed by atoms with Crippen molar-refractivity contribution in [2.45, 2.75) is 121 Å². The molecule has 2 heterocycles. The van der Waals surface area contributed by atoms with Crippen LogP contribution >= 0.6 is 11.6 Å². The second kappa shape index (κ2) is 17.1. The van der Waals surface area contributed by atoms with Crippen molar-refractivity contribution in [3.05, 3.63) is 35.9 Å². The number of hydrazone groups is 1. The first-order chi connectivity index (χ1) is 19.0. The molecule has 1 fully saturated rings. The van der Waals surface area contributed by atoms with E-state index in [0.717, 1.165) is 17.0 Å². The number of anilines is 1. The minimum atomic E-state index is -0.918. The van der Waals surface area contributed by atoms with E-state index in [1.807, 2.05) is 18.2 Å². The maximum absolute atomic E-state index is 12.6. The number of rotatable bonds is 18. The fourth-order valence-electron chi connectivity index (χ4n) is 5.08. The number of imide groups is 1. The molecule has 0 aromatic heterocycles. The van der Waals surface area contributed by atoms with Gasteiger partial charge in [0.05, 0.1) is 18.5 Å². The fourth-order valence-corrected chi connectivity index (χ4v) is 5.31. The van der Waals surface area contributed by atoms with Crippen LogP contribution in [0.1, 0.15) is 122 Å². The number of carbonyl (C=O) groups excluding carboxylic acids is 3. The summed E-state index contributed by atoms with van der Waals surface area (Å²) in [6.07, 6.45) is 24.0. The number of alkyl halides is 1. The van der Waals surface area contributed by atoms with Crippen molar-refractivity contribution >= 4 is 46.9 Å². The van der Waals surface area contributed by atoms with Gasteiger partial charge in [-0.15, -0.1) is 11.6 Å². The van der Waals surface area contributed by atoms with Crippen molar-refractivity contribution in [1.29, 1.82) is 0 Å². The third-order valence-electron chi connectivity index (χ3n) is 7.29. The zero-order valence-corrected chi connectivity index (χ0v) is 24.3. The van der Waals surface area contributed by atoms with Crippen molar-refractivity contribution in [3.8, 4) is 0 Å². The Labute approximate surface area is 239 Å². The summed E-state index contributed by atoms with van der Waals surface area (Å²) in [5.41, 5.74) is 3.92. The Morgan fingerprint density at radius 2 is 1.56 bits per heavy atom. The Morgan fingerprint density at radius 3 is 2.10 bits per heavy atom. The van der Waals surface area contributed by atoms with E-state index in [0.29, 0.717) is 5.69 Å². The second-order valence-electron chi connectivity index (χ2n) is 10.6. The van der Waals surface area contributed by atoms with E-state index in [-0.39, 0.29) is 24.6 Å². The molecule has 0 saturated carbocycles. The van der Waals surface area contributed by atoms with E-state index in [1.54, 1.807) is 6.07 Å². The van der Waals surface area contributed by atoms with E-state index in [1.165, 1.54) is 94.9 Å². The number of hydrogen-bond donors (Lipinski definition) is 1. The number of hydrazine groups is 1. The Hall–Kier alpha value is -2.67. The highest BCUT2D eigenvalue weighted by molar-refractivity contribution is 6.36. The molecule has 1 saturated heterocycles. The lowest BCUT2D eigenvalue weighted by Gasteiger charge is -2.31. The van der Waals surface area contributed by atoms with E-state index in [9.17, 15) is 14.4 Å². The molecule has 1 aromatic rings. The Kier molecular flexibility index (Phi) is 13.5. The minimum Gasteiger partial charge on any atom is -0.273 e. The maximum atomic E-state index is 12.6. The van der Waals surface area contributed by atoms with Crippen LogP contribution in [0.15, 0.2) is 35.4 Å². The first-order valence-electron chi connectivity index (χ1n) is 14.9. The molecule has 214 valence electrons. The van der Waals surface area contributed by atoms with Crippen molar-refractivity contribution < 1.29 is 14.4 Å². The van der Waals surface area contributed by atoms with Gasteiger partial charge in [0.25, 0.3) is 11.8 Å². The molecular formula is C31H45ClN4O3. The normalized spacial score (nSPS) is 17.4. The van der Waals surface area contributed by atoms with Gasteiger partial charge < -0.3 is 0 Å². The van der Waals surface area contributed by atoms with Gasteiger partial charge in [-0.3, -0.25) is 14.4 Å². The summed E-state index contributed by atoms with van der Waals surface area (Å²) in [5, 5.41) is 5.55. The predicted molar refractivity (Wildman–Crippen MR) is 159 cm³/mol. The number of allylic oxidation sites excluding steroid dienone is 1. The molecule has 3 rings (SSSR count). The molecule has 8 heteroatoms. The van der Waals surface area contributed by atoms with Crippen LogP contribution in [-0.2, 0) is 14.4 Å². The summed E-state index contributed by atoms with van der Waals surface area (Å²) in [6, 6.07) is 7.51.